The zero-order valence-corrected chi connectivity index (χ0v) is 32.7. The maximum Gasteiger partial charge on any atom is 0.313 e. The molecule has 3 aromatic carbocycles. The van der Waals surface area contributed by atoms with Gasteiger partial charge >= 0.3 is 5.97 Å². The van der Waals surface area contributed by atoms with E-state index in [-0.39, 0.29) is 42.1 Å². The van der Waals surface area contributed by atoms with Crippen molar-refractivity contribution in [1.82, 2.24) is 10.2 Å². The molecule has 2 N–H and O–H groups in total. The lowest BCUT2D eigenvalue weighted by atomic mass is 9.70. The van der Waals surface area contributed by atoms with Crippen LogP contribution in [-0.2, 0) is 28.7 Å². The average Bonchev–Trinajstić information content (AvgIpc) is 3.78. The van der Waals surface area contributed by atoms with Crippen molar-refractivity contribution in [2.75, 3.05) is 18.1 Å². The molecule has 0 radical (unpaired) electrons. The quantitative estimate of drug-likeness (QED) is 0.0995. The number of allylic oxidation sites excluding steroid dienone is 1. The summed E-state index contributed by atoms with van der Waals surface area (Å²) in [6.07, 6.45) is 3.35. The number of carbonyl (C=O) groups excluding carboxylic acids is 4. The van der Waals surface area contributed by atoms with Gasteiger partial charge in [0.1, 0.15) is 17.7 Å². The normalized spacial score (nSPS) is 26.4. The molecule has 11 heteroatoms. The first-order valence-corrected chi connectivity index (χ1v) is 19.7. The van der Waals surface area contributed by atoms with Crippen LogP contribution in [0.5, 0.6) is 0 Å². The van der Waals surface area contributed by atoms with Gasteiger partial charge in [0.05, 0.1) is 36.6 Å². The Hall–Kier alpha value is -4.32. The minimum atomic E-state index is -1.39. The van der Waals surface area contributed by atoms with Crippen molar-refractivity contribution in [3.63, 3.8) is 0 Å². The van der Waals surface area contributed by atoms with Crippen LogP contribution < -0.4 is 10.2 Å². The number of aliphatic hydroxyl groups excluding tert-OH is 1. The first kappa shape index (κ1) is 39.4. The number of rotatable bonds is 16. The summed E-state index contributed by atoms with van der Waals surface area (Å²) in [5.41, 5.74) is -0.0825. The Kier molecular flexibility index (Phi) is 12.1. The van der Waals surface area contributed by atoms with Gasteiger partial charge in [-0.2, -0.15) is 0 Å². The van der Waals surface area contributed by atoms with Crippen LogP contribution in [0.3, 0.4) is 0 Å². The summed E-state index contributed by atoms with van der Waals surface area (Å²) in [7, 11) is 0. The molecule has 1 spiro atoms. The van der Waals surface area contributed by atoms with Gasteiger partial charge in [-0.3, -0.25) is 19.2 Å². The summed E-state index contributed by atoms with van der Waals surface area (Å²) in [5.74, 6) is -3.94. The van der Waals surface area contributed by atoms with Crippen molar-refractivity contribution < 1.29 is 33.8 Å². The second-order valence-corrected chi connectivity index (χ2v) is 15.9. The first-order chi connectivity index (χ1) is 26.0. The van der Waals surface area contributed by atoms with E-state index in [1.807, 2.05) is 86.6 Å². The van der Waals surface area contributed by atoms with E-state index < -0.39 is 59.6 Å². The fraction of sp³-hybridized carbons (Fsp3) is 0.442. The average molecular weight is 801 g/mol. The predicted octanol–water partition coefficient (Wildman–Crippen LogP) is 6.27. The molecule has 3 fully saturated rings. The highest BCUT2D eigenvalue weighted by atomic mass is 79.9. The van der Waals surface area contributed by atoms with E-state index in [4.69, 9.17) is 9.47 Å². The molecule has 1 unspecified atom stereocenters. The van der Waals surface area contributed by atoms with E-state index in [1.165, 1.54) is 4.90 Å². The highest BCUT2D eigenvalue weighted by molar-refractivity contribution is 9.09. The second kappa shape index (κ2) is 16.6. The highest BCUT2D eigenvalue weighted by Gasteiger charge is 2.78. The number of nitrogens with zero attached hydrogens (tertiary/aromatic N) is 2. The molecule has 6 rings (SSSR count). The number of likely N-dealkylation sites (tertiary alicyclic amines) is 1. The maximum absolute atomic E-state index is 15.2. The molecule has 286 valence electrons. The van der Waals surface area contributed by atoms with Crippen LogP contribution in [0, 0.1) is 17.8 Å². The van der Waals surface area contributed by atoms with Crippen LogP contribution >= 0.6 is 15.9 Å². The summed E-state index contributed by atoms with van der Waals surface area (Å²) in [6.45, 7) is 13.1. The molecule has 3 heterocycles. The van der Waals surface area contributed by atoms with E-state index in [1.54, 1.807) is 24.0 Å². The van der Waals surface area contributed by atoms with Gasteiger partial charge < -0.3 is 29.7 Å². The van der Waals surface area contributed by atoms with Crippen molar-refractivity contribution in [3.8, 4) is 0 Å². The summed E-state index contributed by atoms with van der Waals surface area (Å²) in [6, 6.07) is 20.3. The summed E-state index contributed by atoms with van der Waals surface area (Å²) < 4.78 is 13.1. The number of amides is 3. The molecule has 54 heavy (non-hydrogen) atoms. The number of benzene rings is 3. The molecular formula is C43H50BrN3O7. The smallest absolute Gasteiger partial charge is 0.313 e. The fourth-order valence-electron chi connectivity index (χ4n) is 8.67. The van der Waals surface area contributed by atoms with E-state index >= 15 is 9.59 Å². The lowest BCUT2D eigenvalue weighted by Crippen LogP contribution is -2.60. The lowest BCUT2D eigenvalue weighted by molar-refractivity contribution is -0.162. The zero-order valence-electron chi connectivity index (χ0n) is 31.1. The van der Waals surface area contributed by atoms with Gasteiger partial charge in [-0.05, 0) is 54.2 Å². The standard InChI is InChI=1S/C43H50BrN3O7/c1-6-9-19-34(49)45-27(5)37(29-16-11-10-12-17-29)53-42(52)35-36-40(50)47(33(25-48)26(4)8-3)39(43(36)24-32(44)38(35)54-43)41(51)46(22-7-2)31-21-20-28-15-13-14-18-30(28)23-31/h6-7,10-18,20-21,23,26-27,32-33,35-39,48H,1-2,8-9,19,22,24-25H2,3-5H3,(H,45,49)/t26-,27-,32?,33-,35+,36-,37-,38+,39+,43-/m0/s1. The molecule has 3 saturated heterocycles. The summed E-state index contributed by atoms with van der Waals surface area (Å²) in [4.78, 5) is 60.4. The van der Waals surface area contributed by atoms with Gasteiger partial charge in [0.25, 0.3) is 5.91 Å². The number of hydrogen-bond donors (Lipinski definition) is 2. The molecule has 3 aliphatic rings. The van der Waals surface area contributed by atoms with Crippen LogP contribution in [0.1, 0.15) is 58.1 Å². The molecule has 0 saturated carbocycles. The fourth-order valence-corrected chi connectivity index (χ4v) is 9.61. The van der Waals surface area contributed by atoms with E-state index in [2.05, 4.69) is 34.4 Å². The van der Waals surface area contributed by atoms with Crippen molar-refractivity contribution in [1.29, 1.82) is 0 Å². The van der Waals surface area contributed by atoms with E-state index in [9.17, 15) is 14.7 Å². The van der Waals surface area contributed by atoms with Gasteiger partial charge in [-0.1, -0.05) is 109 Å². The van der Waals surface area contributed by atoms with Crippen molar-refractivity contribution in [2.45, 2.75) is 87.2 Å². The third-order valence-electron chi connectivity index (χ3n) is 11.5. The van der Waals surface area contributed by atoms with Gasteiger partial charge in [-0.25, -0.2) is 0 Å². The van der Waals surface area contributed by atoms with Crippen LogP contribution in [0.25, 0.3) is 10.8 Å². The Bertz CT molecular complexity index is 1890. The number of nitrogens with one attached hydrogen (secondary N) is 1. The number of fused-ring (bicyclic) bond motifs is 2. The Morgan fingerprint density at radius 2 is 1.78 bits per heavy atom. The topological polar surface area (TPSA) is 125 Å². The lowest BCUT2D eigenvalue weighted by Gasteiger charge is -2.41. The summed E-state index contributed by atoms with van der Waals surface area (Å²) >= 11 is 3.77. The van der Waals surface area contributed by atoms with Gasteiger partial charge in [0.15, 0.2) is 0 Å². The molecule has 0 aliphatic carbocycles. The Morgan fingerprint density at radius 3 is 2.44 bits per heavy atom. The minimum absolute atomic E-state index is 0.158. The number of aliphatic hydroxyl groups is 1. The molecule has 3 amide bonds. The second-order valence-electron chi connectivity index (χ2n) is 14.8. The number of hydrogen-bond acceptors (Lipinski definition) is 7. The van der Waals surface area contributed by atoms with Gasteiger partial charge in [-0.15, -0.1) is 13.2 Å². The van der Waals surface area contributed by atoms with Crippen LogP contribution in [0.4, 0.5) is 5.69 Å². The number of halogens is 1. The van der Waals surface area contributed by atoms with Gasteiger partial charge in [0.2, 0.25) is 11.8 Å². The number of carbonyl (C=O) groups is 4. The number of alkyl halides is 1. The first-order valence-electron chi connectivity index (χ1n) is 18.8. The monoisotopic (exact) mass is 799 g/mol. The minimum Gasteiger partial charge on any atom is -0.455 e. The molecular weight excluding hydrogens is 750 g/mol. The SMILES string of the molecule is C=CCCC(=O)N[C@@H](C)[C@H](OC(=O)[C@H]1[C@@H]2O[C@@]3(CC2Br)[C@@H]1C(=O)N([C@@H](CO)[C@@H](C)CC)[C@@H]3C(=O)N(CC=C)c1ccc2ccccc2c1)c1ccccc1. The molecule has 0 aromatic heterocycles. The third kappa shape index (κ3) is 7.13. The largest absolute Gasteiger partial charge is 0.455 e. The molecule has 3 aliphatic heterocycles. The molecule has 10 nitrogen and oxygen atoms in total. The summed E-state index contributed by atoms with van der Waals surface area (Å²) in [5, 5.41) is 15.8. The Balaban J connectivity index is 1.40. The number of esters is 1. The maximum atomic E-state index is 15.2. The van der Waals surface area contributed by atoms with E-state index in [0.717, 1.165) is 10.8 Å². The van der Waals surface area contributed by atoms with Crippen LogP contribution in [0.2, 0.25) is 0 Å². The third-order valence-corrected chi connectivity index (χ3v) is 12.3. The zero-order chi connectivity index (χ0) is 38.7. The number of ether oxygens (including phenoxy) is 2. The van der Waals surface area contributed by atoms with Gasteiger partial charge in [0, 0.05) is 23.5 Å². The highest BCUT2D eigenvalue weighted by Crippen LogP contribution is 2.61. The van der Waals surface area contributed by atoms with Crippen LogP contribution in [-0.4, -0.2) is 81.5 Å². The van der Waals surface area contributed by atoms with Crippen molar-refractivity contribution in [3.05, 3.63) is 104 Å². The van der Waals surface area contributed by atoms with E-state index in [0.29, 0.717) is 30.5 Å². The van der Waals surface area contributed by atoms with Crippen molar-refractivity contribution >= 4 is 56.1 Å². The predicted molar refractivity (Wildman–Crippen MR) is 212 cm³/mol. The molecule has 10 atom stereocenters. The Morgan fingerprint density at radius 1 is 1.07 bits per heavy atom. The van der Waals surface area contributed by atoms with Crippen molar-refractivity contribution in [2.24, 2.45) is 17.8 Å². The number of anilines is 1. The molecule has 3 aromatic rings. The molecule has 2 bridgehead atoms. The Labute approximate surface area is 325 Å². The van der Waals surface area contributed by atoms with Crippen LogP contribution in [0.15, 0.2) is 98.1 Å².